The van der Waals surface area contributed by atoms with Crippen LogP contribution in [0.4, 0.5) is 5.69 Å². The second-order valence-electron chi connectivity index (χ2n) is 7.71. The molecular weight excluding hydrogens is 534 g/mol. The second kappa shape index (κ2) is 12.4. The third kappa shape index (κ3) is 7.83. The van der Waals surface area contributed by atoms with E-state index in [4.69, 9.17) is 21.1 Å². The van der Waals surface area contributed by atoms with Crippen molar-refractivity contribution in [1.29, 1.82) is 0 Å². The normalized spacial score (nSPS) is 10.8. The largest absolute Gasteiger partial charge is 0.490 e. The Kier molecular flexibility index (Phi) is 9.28. The summed E-state index contributed by atoms with van der Waals surface area (Å²) >= 11 is 9.44. The highest BCUT2D eigenvalue weighted by Crippen LogP contribution is 2.37. The van der Waals surface area contributed by atoms with Gasteiger partial charge < -0.3 is 14.8 Å². The minimum atomic E-state index is -0.882. The number of hydrogen-bond acceptors (Lipinski definition) is 5. The molecule has 0 unspecified atom stereocenters. The predicted molar refractivity (Wildman–Crippen MR) is 141 cm³/mol. The van der Waals surface area contributed by atoms with Crippen molar-refractivity contribution in [1.82, 2.24) is 5.43 Å². The van der Waals surface area contributed by atoms with Gasteiger partial charge in [-0.05, 0) is 95.4 Å². The van der Waals surface area contributed by atoms with Gasteiger partial charge >= 0.3 is 11.8 Å². The highest BCUT2D eigenvalue weighted by atomic mass is 79.9. The van der Waals surface area contributed by atoms with E-state index in [2.05, 4.69) is 31.8 Å². The van der Waals surface area contributed by atoms with Gasteiger partial charge in [-0.2, -0.15) is 5.10 Å². The van der Waals surface area contributed by atoms with Crippen molar-refractivity contribution in [3.05, 3.63) is 86.3 Å². The number of anilines is 1. The number of carbonyl (C=O) groups excluding carboxylic acids is 2. The zero-order valence-electron chi connectivity index (χ0n) is 19.5. The van der Waals surface area contributed by atoms with Crippen LogP contribution < -0.4 is 20.2 Å². The molecule has 0 aliphatic carbocycles. The number of rotatable bonds is 8. The summed E-state index contributed by atoms with van der Waals surface area (Å²) in [4.78, 5) is 24.3. The summed E-state index contributed by atoms with van der Waals surface area (Å²) in [5.41, 5.74) is 6.34. The first-order valence-electron chi connectivity index (χ1n) is 10.8. The number of halogens is 2. The first-order valence-corrected chi connectivity index (χ1v) is 12.0. The average molecular weight is 559 g/mol. The monoisotopic (exact) mass is 557 g/mol. The zero-order valence-corrected chi connectivity index (χ0v) is 21.9. The standard InChI is InChI=1S/C26H25BrClN3O4/c1-4-34-23-13-19(12-22(27)24(23)35-15-18-5-7-20(28)8-6-18)14-29-31-26(33)25(32)30-21-10-16(2)9-17(3)11-21/h5-14H,4,15H2,1-3H3,(H,30,32)(H,31,33). The van der Waals surface area contributed by atoms with Crippen LogP contribution in [0.25, 0.3) is 0 Å². The fourth-order valence-electron chi connectivity index (χ4n) is 3.25. The fraction of sp³-hybridized carbons (Fsp3) is 0.192. The third-order valence-electron chi connectivity index (χ3n) is 4.69. The lowest BCUT2D eigenvalue weighted by Crippen LogP contribution is -2.32. The van der Waals surface area contributed by atoms with Crippen molar-refractivity contribution >= 4 is 51.2 Å². The molecule has 3 aromatic carbocycles. The lowest BCUT2D eigenvalue weighted by molar-refractivity contribution is -0.136. The summed E-state index contributed by atoms with van der Waals surface area (Å²) in [6.07, 6.45) is 1.41. The van der Waals surface area contributed by atoms with Crippen LogP contribution in [0.2, 0.25) is 5.02 Å². The molecule has 3 aromatic rings. The minimum Gasteiger partial charge on any atom is -0.490 e. The van der Waals surface area contributed by atoms with E-state index in [0.717, 1.165) is 16.7 Å². The maximum atomic E-state index is 12.2. The summed E-state index contributed by atoms with van der Waals surface area (Å²) in [5.74, 6) is -0.645. The lowest BCUT2D eigenvalue weighted by atomic mass is 10.1. The molecule has 182 valence electrons. The van der Waals surface area contributed by atoms with Gasteiger partial charge in [-0.3, -0.25) is 9.59 Å². The number of benzene rings is 3. The Hall–Kier alpha value is -3.36. The van der Waals surface area contributed by atoms with Crippen LogP contribution in [-0.4, -0.2) is 24.6 Å². The fourth-order valence-corrected chi connectivity index (χ4v) is 3.95. The number of aryl methyl sites for hydroxylation is 2. The van der Waals surface area contributed by atoms with Gasteiger partial charge in [-0.25, -0.2) is 5.43 Å². The van der Waals surface area contributed by atoms with Crippen molar-refractivity contribution < 1.29 is 19.1 Å². The molecule has 7 nitrogen and oxygen atoms in total. The minimum absolute atomic E-state index is 0.328. The molecule has 0 atom stereocenters. The smallest absolute Gasteiger partial charge is 0.329 e. The van der Waals surface area contributed by atoms with Crippen molar-refractivity contribution in [3.8, 4) is 11.5 Å². The van der Waals surface area contributed by atoms with Crippen LogP contribution in [0.15, 0.2) is 64.2 Å². The highest BCUT2D eigenvalue weighted by Gasteiger charge is 2.14. The van der Waals surface area contributed by atoms with Crippen LogP contribution >= 0.6 is 27.5 Å². The molecule has 0 saturated carbocycles. The van der Waals surface area contributed by atoms with Crippen LogP contribution in [-0.2, 0) is 16.2 Å². The maximum Gasteiger partial charge on any atom is 0.329 e. The number of carbonyl (C=O) groups is 2. The molecule has 0 aliphatic heterocycles. The number of hydrazone groups is 1. The number of hydrogen-bond donors (Lipinski definition) is 2. The average Bonchev–Trinajstić information content (AvgIpc) is 2.79. The molecule has 3 rings (SSSR count). The molecule has 0 saturated heterocycles. The summed E-state index contributed by atoms with van der Waals surface area (Å²) in [7, 11) is 0. The van der Waals surface area contributed by atoms with Crippen molar-refractivity contribution in [3.63, 3.8) is 0 Å². The molecule has 0 fully saturated rings. The number of nitrogens with one attached hydrogen (secondary N) is 2. The van der Waals surface area contributed by atoms with Crippen LogP contribution in [0.1, 0.15) is 29.2 Å². The van der Waals surface area contributed by atoms with E-state index >= 15 is 0 Å². The van der Waals surface area contributed by atoms with E-state index in [1.165, 1.54) is 6.21 Å². The van der Waals surface area contributed by atoms with Gasteiger partial charge in [-0.15, -0.1) is 0 Å². The molecule has 0 aromatic heterocycles. The van der Waals surface area contributed by atoms with E-state index in [0.29, 0.717) is 45.5 Å². The Labute approximate surface area is 217 Å². The summed E-state index contributed by atoms with van der Waals surface area (Å²) in [5, 5.41) is 7.12. The van der Waals surface area contributed by atoms with Gasteiger partial charge in [0.2, 0.25) is 0 Å². The lowest BCUT2D eigenvalue weighted by Gasteiger charge is -2.14. The summed E-state index contributed by atoms with van der Waals surface area (Å²) < 4.78 is 12.3. The maximum absolute atomic E-state index is 12.2. The van der Waals surface area contributed by atoms with E-state index in [1.807, 2.05) is 39.0 Å². The van der Waals surface area contributed by atoms with Gasteiger partial charge in [0.15, 0.2) is 11.5 Å². The van der Waals surface area contributed by atoms with Gasteiger partial charge in [-0.1, -0.05) is 29.8 Å². The predicted octanol–water partition coefficient (Wildman–Crippen LogP) is 5.79. The highest BCUT2D eigenvalue weighted by molar-refractivity contribution is 9.10. The molecule has 0 aliphatic rings. The van der Waals surface area contributed by atoms with Gasteiger partial charge in [0.25, 0.3) is 0 Å². The Balaban J connectivity index is 1.65. The van der Waals surface area contributed by atoms with Gasteiger partial charge in [0, 0.05) is 10.7 Å². The molecule has 0 heterocycles. The topological polar surface area (TPSA) is 89.0 Å². The molecule has 2 amide bonds. The SMILES string of the molecule is CCOc1cc(C=NNC(=O)C(=O)Nc2cc(C)cc(C)c2)cc(Br)c1OCc1ccc(Cl)cc1. The van der Waals surface area contributed by atoms with Gasteiger partial charge in [0.05, 0.1) is 17.3 Å². The Morgan fingerprint density at radius 1 is 1.00 bits per heavy atom. The molecule has 0 spiro atoms. The van der Waals surface area contributed by atoms with E-state index in [9.17, 15) is 9.59 Å². The first-order chi connectivity index (χ1) is 16.7. The van der Waals surface area contributed by atoms with Crippen molar-refractivity contribution in [2.45, 2.75) is 27.4 Å². The number of ether oxygens (including phenoxy) is 2. The second-order valence-corrected chi connectivity index (χ2v) is 9.00. The zero-order chi connectivity index (χ0) is 25.4. The molecular formula is C26H25BrClN3O4. The van der Waals surface area contributed by atoms with Crippen molar-refractivity contribution in [2.24, 2.45) is 5.10 Å². The van der Waals surface area contributed by atoms with Crippen molar-refractivity contribution in [2.75, 3.05) is 11.9 Å². The quantitative estimate of drug-likeness (QED) is 0.208. The van der Waals surface area contributed by atoms with Gasteiger partial charge in [0.1, 0.15) is 6.61 Å². The van der Waals surface area contributed by atoms with Crippen LogP contribution in [0.5, 0.6) is 11.5 Å². The van der Waals surface area contributed by atoms with Crippen LogP contribution in [0, 0.1) is 13.8 Å². The van der Waals surface area contributed by atoms with E-state index in [-0.39, 0.29) is 0 Å². The van der Waals surface area contributed by atoms with Crippen LogP contribution in [0.3, 0.4) is 0 Å². The number of nitrogens with zero attached hydrogens (tertiary/aromatic N) is 1. The molecule has 0 bridgehead atoms. The summed E-state index contributed by atoms with van der Waals surface area (Å²) in [6, 6.07) is 16.4. The molecule has 0 radical (unpaired) electrons. The Morgan fingerprint density at radius 2 is 1.69 bits per heavy atom. The first kappa shape index (κ1) is 26.2. The molecule has 35 heavy (non-hydrogen) atoms. The molecule has 9 heteroatoms. The van der Waals surface area contributed by atoms with E-state index < -0.39 is 11.8 Å². The Bertz CT molecular complexity index is 1230. The third-order valence-corrected chi connectivity index (χ3v) is 5.53. The van der Waals surface area contributed by atoms with E-state index in [1.54, 1.807) is 36.4 Å². The molecule has 2 N–H and O–H groups in total. The number of amides is 2. The Morgan fingerprint density at radius 3 is 2.34 bits per heavy atom. The summed E-state index contributed by atoms with van der Waals surface area (Å²) in [6.45, 7) is 6.45.